The van der Waals surface area contributed by atoms with E-state index in [2.05, 4.69) is 50.7 Å². The normalized spacial score (nSPS) is 16.1. The molecule has 4 aromatic rings. The van der Waals surface area contributed by atoms with Crippen LogP contribution in [0.3, 0.4) is 0 Å². The summed E-state index contributed by atoms with van der Waals surface area (Å²) < 4.78 is 3.54. The van der Waals surface area contributed by atoms with E-state index in [0.29, 0.717) is 30.5 Å². The average molecular weight is 473 g/mol. The number of para-hydroxylation sites is 1. The van der Waals surface area contributed by atoms with Gasteiger partial charge in [0.15, 0.2) is 11.4 Å². The molecule has 1 unspecified atom stereocenters. The second-order valence-corrected chi connectivity index (χ2v) is 9.47. The molecule has 1 aliphatic rings. The molecule has 0 aliphatic carbocycles. The Hall–Kier alpha value is -3.59. The molecule has 35 heavy (non-hydrogen) atoms. The van der Waals surface area contributed by atoms with Crippen molar-refractivity contribution in [2.75, 3.05) is 18.4 Å². The molecule has 0 amide bonds. The first-order valence-corrected chi connectivity index (χ1v) is 12.4. The van der Waals surface area contributed by atoms with Crippen molar-refractivity contribution in [3.63, 3.8) is 0 Å². The SMILES string of the molecule is CC(C)c1cnn2c(NCc3ccccc3-n3cccn3)nc(C(=O)CCC3CCCNC3)nc12. The molecule has 5 rings (SSSR count). The zero-order chi connectivity index (χ0) is 24.2. The molecule has 1 saturated heterocycles. The lowest BCUT2D eigenvalue weighted by atomic mass is 9.93. The van der Waals surface area contributed by atoms with Crippen molar-refractivity contribution in [2.24, 2.45) is 5.92 Å². The van der Waals surface area contributed by atoms with Gasteiger partial charge in [-0.05, 0) is 61.9 Å². The highest BCUT2D eigenvalue weighted by molar-refractivity contribution is 5.93. The summed E-state index contributed by atoms with van der Waals surface area (Å²) in [5.74, 6) is 1.52. The first kappa shape index (κ1) is 23.2. The van der Waals surface area contributed by atoms with E-state index in [1.54, 1.807) is 10.7 Å². The first-order chi connectivity index (χ1) is 17.1. The predicted octanol–water partition coefficient (Wildman–Crippen LogP) is 4.01. The van der Waals surface area contributed by atoms with Gasteiger partial charge in [0, 0.05) is 30.9 Å². The Morgan fingerprint density at radius 2 is 2.09 bits per heavy atom. The molecule has 0 bridgehead atoms. The molecule has 9 nitrogen and oxygen atoms in total. The van der Waals surface area contributed by atoms with Gasteiger partial charge in [0.25, 0.3) is 0 Å². The monoisotopic (exact) mass is 472 g/mol. The Balaban J connectivity index is 1.42. The lowest BCUT2D eigenvalue weighted by molar-refractivity contribution is 0.0961. The topological polar surface area (TPSA) is 102 Å². The van der Waals surface area contributed by atoms with Crippen LogP contribution in [0.25, 0.3) is 11.3 Å². The fraction of sp³-hybridized carbons (Fsp3) is 0.423. The van der Waals surface area contributed by atoms with Crippen LogP contribution in [0, 0.1) is 5.92 Å². The maximum absolute atomic E-state index is 13.2. The molecule has 0 saturated carbocycles. The number of ketones is 1. The minimum absolute atomic E-state index is 0.0195. The highest BCUT2D eigenvalue weighted by Crippen LogP contribution is 2.23. The Kier molecular flexibility index (Phi) is 6.85. The number of hydrogen-bond donors (Lipinski definition) is 2. The van der Waals surface area contributed by atoms with Crippen LogP contribution in [0.5, 0.6) is 0 Å². The molecule has 9 heteroatoms. The quantitative estimate of drug-likeness (QED) is 0.355. The lowest BCUT2D eigenvalue weighted by Gasteiger charge is -2.22. The third-order valence-electron chi connectivity index (χ3n) is 6.63. The number of benzene rings is 1. The smallest absolute Gasteiger partial charge is 0.228 e. The fourth-order valence-corrected chi connectivity index (χ4v) is 4.63. The second kappa shape index (κ2) is 10.4. The minimum atomic E-state index is -0.0195. The van der Waals surface area contributed by atoms with E-state index in [1.165, 1.54) is 12.8 Å². The van der Waals surface area contributed by atoms with Gasteiger partial charge < -0.3 is 10.6 Å². The largest absolute Gasteiger partial charge is 0.350 e. The summed E-state index contributed by atoms with van der Waals surface area (Å²) in [7, 11) is 0. The summed E-state index contributed by atoms with van der Waals surface area (Å²) >= 11 is 0. The number of carbonyl (C=O) groups is 1. The van der Waals surface area contributed by atoms with E-state index in [-0.39, 0.29) is 17.5 Å². The van der Waals surface area contributed by atoms with Crippen molar-refractivity contribution in [1.82, 2.24) is 34.7 Å². The van der Waals surface area contributed by atoms with Crippen LogP contribution in [-0.2, 0) is 6.54 Å². The molecule has 1 aromatic carbocycles. The summed E-state index contributed by atoms with van der Waals surface area (Å²) in [6.07, 6.45) is 9.15. The van der Waals surface area contributed by atoms with E-state index in [0.717, 1.165) is 36.3 Å². The molecule has 0 spiro atoms. The van der Waals surface area contributed by atoms with Gasteiger partial charge >= 0.3 is 0 Å². The van der Waals surface area contributed by atoms with Crippen molar-refractivity contribution >= 4 is 17.4 Å². The number of hydrogen-bond acceptors (Lipinski definition) is 7. The molecule has 1 atom stereocenters. The number of fused-ring (bicyclic) bond motifs is 1. The van der Waals surface area contributed by atoms with Gasteiger partial charge in [0.1, 0.15) is 0 Å². The minimum Gasteiger partial charge on any atom is -0.350 e. The van der Waals surface area contributed by atoms with Crippen LogP contribution < -0.4 is 10.6 Å². The molecular formula is C26H32N8O. The molecule has 1 fully saturated rings. The number of aromatic nitrogens is 6. The molecule has 182 valence electrons. The summed E-state index contributed by atoms with van der Waals surface area (Å²) in [6.45, 7) is 6.76. The zero-order valence-corrected chi connectivity index (χ0v) is 20.3. The predicted molar refractivity (Wildman–Crippen MR) is 135 cm³/mol. The van der Waals surface area contributed by atoms with Gasteiger partial charge in [0.2, 0.25) is 11.8 Å². The van der Waals surface area contributed by atoms with Crippen LogP contribution >= 0.6 is 0 Å². The summed E-state index contributed by atoms with van der Waals surface area (Å²) in [6, 6.07) is 9.97. The Morgan fingerprint density at radius 1 is 1.20 bits per heavy atom. The highest BCUT2D eigenvalue weighted by Gasteiger charge is 2.21. The number of rotatable bonds is 9. The zero-order valence-electron chi connectivity index (χ0n) is 20.3. The van der Waals surface area contributed by atoms with Crippen LogP contribution in [0.1, 0.15) is 67.2 Å². The first-order valence-electron chi connectivity index (χ1n) is 12.4. The fourth-order valence-electron chi connectivity index (χ4n) is 4.63. The Labute approximate surface area is 205 Å². The van der Waals surface area contributed by atoms with Gasteiger partial charge in [-0.3, -0.25) is 4.79 Å². The third-order valence-corrected chi connectivity index (χ3v) is 6.63. The summed E-state index contributed by atoms with van der Waals surface area (Å²) in [5.41, 5.74) is 3.71. The molecule has 4 heterocycles. The van der Waals surface area contributed by atoms with Gasteiger partial charge in [-0.15, -0.1) is 0 Å². The third kappa shape index (κ3) is 5.09. The Morgan fingerprint density at radius 3 is 2.86 bits per heavy atom. The van der Waals surface area contributed by atoms with E-state index in [1.807, 2.05) is 41.3 Å². The van der Waals surface area contributed by atoms with Gasteiger partial charge in [0.05, 0.1) is 11.9 Å². The number of nitrogens with one attached hydrogen (secondary N) is 2. The standard InChI is InChI=1S/C26H32N8O/c1-18(2)21-17-30-34-25(21)31-24(23(35)11-10-19-7-5-12-27-15-19)32-26(34)28-16-20-8-3-4-9-22(20)33-14-6-13-29-33/h3-4,6,8-9,13-14,17-19,27H,5,7,10-12,15-16H2,1-2H3,(H,28,31,32). The number of piperidine rings is 1. The summed E-state index contributed by atoms with van der Waals surface area (Å²) in [4.78, 5) is 22.5. The van der Waals surface area contributed by atoms with Crippen molar-refractivity contribution in [3.8, 4) is 5.69 Å². The van der Waals surface area contributed by atoms with Gasteiger partial charge in [-0.2, -0.15) is 19.7 Å². The van der Waals surface area contributed by atoms with Crippen molar-refractivity contribution in [1.29, 1.82) is 0 Å². The number of Topliss-reactive ketones (excluding diaryl/α,β-unsaturated/α-hetero) is 1. The lowest BCUT2D eigenvalue weighted by Crippen LogP contribution is -2.30. The summed E-state index contributed by atoms with van der Waals surface area (Å²) in [5, 5.41) is 15.7. The number of carbonyl (C=O) groups excluding carboxylic acids is 1. The van der Waals surface area contributed by atoms with Gasteiger partial charge in [-0.1, -0.05) is 32.0 Å². The highest BCUT2D eigenvalue weighted by atomic mass is 16.1. The second-order valence-electron chi connectivity index (χ2n) is 9.47. The van der Waals surface area contributed by atoms with E-state index in [4.69, 9.17) is 0 Å². The molecule has 3 aromatic heterocycles. The molecule has 0 radical (unpaired) electrons. The average Bonchev–Trinajstić information content (AvgIpc) is 3.57. The van der Waals surface area contributed by atoms with Gasteiger partial charge in [-0.25, -0.2) is 9.67 Å². The van der Waals surface area contributed by atoms with Crippen LogP contribution in [0.4, 0.5) is 5.95 Å². The van der Waals surface area contributed by atoms with Crippen LogP contribution in [-0.4, -0.2) is 48.2 Å². The molecule has 2 N–H and O–H groups in total. The maximum atomic E-state index is 13.2. The van der Waals surface area contributed by atoms with E-state index in [9.17, 15) is 4.79 Å². The van der Waals surface area contributed by atoms with Crippen molar-refractivity contribution < 1.29 is 4.79 Å². The molecular weight excluding hydrogens is 440 g/mol. The Bertz CT molecular complexity index is 1290. The van der Waals surface area contributed by atoms with Crippen molar-refractivity contribution in [2.45, 2.75) is 52.0 Å². The van der Waals surface area contributed by atoms with Crippen molar-refractivity contribution in [3.05, 3.63) is 65.9 Å². The van der Waals surface area contributed by atoms with Crippen LogP contribution in [0.15, 0.2) is 48.9 Å². The number of nitrogens with zero attached hydrogens (tertiary/aromatic N) is 6. The maximum Gasteiger partial charge on any atom is 0.228 e. The molecule has 1 aliphatic heterocycles. The van der Waals surface area contributed by atoms with E-state index >= 15 is 0 Å². The van der Waals surface area contributed by atoms with Crippen LogP contribution in [0.2, 0.25) is 0 Å². The van der Waals surface area contributed by atoms with E-state index < -0.39 is 0 Å². The number of anilines is 1.